The Labute approximate surface area is 259 Å². The van der Waals surface area contributed by atoms with Crippen molar-refractivity contribution >= 4 is 23.9 Å². The third-order valence-electron chi connectivity index (χ3n) is 11.1. The van der Waals surface area contributed by atoms with Crippen LogP contribution in [0.4, 0.5) is 0 Å². The average Bonchev–Trinajstić information content (AvgIpc) is 3.34. The highest BCUT2D eigenvalue weighted by molar-refractivity contribution is 5.91. The van der Waals surface area contributed by atoms with Gasteiger partial charge in [-0.3, -0.25) is 4.79 Å². The van der Waals surface area contributed by atoms with E-state index in [0.29, 0.717) is 0 Å². The van der Waals surface area contributed by atoms with Gasteiger partial charge in [-0.05, 0) is 55.9 Å². The van der Waals surface area contributed by atoms with E-state index in [1.807, 2.05) is 0 Å². The molecule has 0 radical (unpaired) electrons. The minimum atomic E-state index is -2.56. The standard InChI is InChI=1S/C34H36O11/c1-18-21-16-24(36)45-33(21,41)17-22-25(18)26(43-28(37)19-10-6-4-7-11-19)27(44-29(38)20-12-8-5-9-13-20)34(42)31(22,2)15-14-23(35)32(34,3)30(39)40/h4-13,16,18,22-23,25-27,35,41-42H,14-15,17H2,1-3H3,(H,39,40)/t18-,22+,23-,25+,26+,27+,31+,32-,33-,34-/m0/s1. The van der Waals surface area contributed by atoms with Crippen molar-refractivity contribution < 1.29 is 53.8 Å². The molecule has 238 valence electrons. The second kappa shape index (κ2) is 10.5. The van der Waals surface area contributed by atoms with E-state index in [-0.39, 0.29) is 36.0 Å². The molecule has 0 saturated heterocycles. The molecule has 11 heteroatoms. The zero-order valence-corrected chi connectivity index (χ0v) is 25.1. The van der Waals surface area contributed by atoms with Crippen LogP contribution in [-0.4, -0.2) is 74.0 Å². The average molecular weight is 621 g/mol. The fourth-order valence-electron chi connectivity index (χ4n) is 8.71. The zero-order valence-electron chi connectivity index (χ0n) is 25.1. The van der Waals surface area contributed by atoms with E-state index in [1.165, 1.54) is 37.3 Å². The highest BCUT2D eigenvalue weighted by Crippen LogP contribution is 2.69. The summed E-state index contributed by atoms with van der Waals surface area (Å²) < 4.78 is 17.6. The van der Waals surface area contributed by atoms with Crippen LogP contribution in [0.1, 0.15) is 60.7 Å². The normalized spacial score (nSPS) is 40.1. The van der Waals surface area contributed by atoms with E-state index in [9.17, 15) is 39.6 Å². The predicted molar refractivity (Wildman–Crippen MR) is 155 cm³/mol. The van der Waals surface area contributed by atoms with Gasteiger partial charge in [0.05, 0.1) is 17.2 Å². The van der Waals surface area contributed by atoms with Crippen LogP contribution in [0.15, 0.2) is 72.3 Å². The van der Waals surface area contributed by atoms with Crippen LogP contribution < -0.4 is 0 Å². The molecule has 10 atom stereocenters. The van der Waals surface area contributed by atoms with Crippen LogP contribution in [0.5, 0.6) is 0 Å². The number of carboxylic acids is 1. The molecule has 11 nitrogen and oxygen atoms in total. The number of fused-ring (bicyclic) bond motifs is 4. The summed E-state index contributed by atoms with van der Waals surface area (Å²) in [5, 5.41) is 46.7. The number of esters is 3. The van der Waals surface area contributed by atoms with Crippen molar-refractivity contribution in [2.75, 3.05) is 0 Å². The fourth-order valence-corrected chi connectivity index (χ4v) is 8.71. The van der Waals surface area contributed by atoms with E-state index >= 15 is 0 Å². The number of aliphatic carboxylic acids is 1. The minimum absolute atomic E-state index is 0.0338. The molecule has 0 bridgehead atoms. The van der Waals surface area contributed by atoms with Gasteiger partial charge in [0, 0.05) is 29.4 Å². The van der Waals surface area contributed by atoms with Crippen molar-refractivity contribution in [1.82, 2.24) is 0 Å². The maximum Gasteiger partial charge on any atom is 0.338 e. The molecule has 0 aromatic heterocycles. The number of aliphatic hydroxyl groups excluding tert-OH is 1. The fraction of sp³-hybridized carbons (Fsp3) is 0.471. The maximum atomic E-state index is 13.7. The lowest BCUT2D eigenvalue weighted by Gasteiger charge is -2.69. The van der Waals surface area contributed by atoms with E-state index < -0.39 is 82.2 Å². The van der Waals surface area contributed by atoms with Gasteiger partial charge in [0.15, 0.2) is 6.10 Å². The maximum absolute atomic E-state index is 13.7. The van der Waals surface area contributed by atoms with Crippen molar-refractivity contribution in [2.24, 2.45) is 28.6 Å². The Morgan fingerprint density at radius 1 is 0.911 bits per heavy atom. The largest absolute Gasteiger partial charge is 0.481 e. The van der Waals surface area contributed by atoms with Crippen molar-refractivity contribution in [3.05, 3.63) is 83.4 Å². The summed E-state index contributed by atoms with van der Waals surface area (Å²) in [6.07, 6.45) is -3.89. The Morgan fingerprint density at radius 3 is 2.02 bits per heavy atom. The molecule has 3 saturated carbocycles. The Balaban J connectivity index is 1.59. The SMILES string of the molecule is C[C@H]1C2=CC(=O)O[C@@]2(O)C[C@@H]2[C@@H]1[C@@H](OC(=O)c1ccccc1)[C@@H](OC(=O)c1ccccc1)[C@]1(O)[C@]2(C)CC[C@H](O)[C@@]1(C)C(=O)O. The topological polar surface area (TPSA) is 177 Å². The summed E-state index contributed by atoms with van der Waals surface area (Å²) in [5.74, 6) is -8.41. The second-order valence-electron chi connectivity index (χ2n) is 13.2. The van der Waals surface area contributed by atoms with Crippen LogP contribution in [0.3, 0.4) is 0 Å². The molecule has 3 aliphatic carbocycles. The van der Waals surface area contributed by atoms with Gasteiger partial charge in [-0.25, -0.2) is 14.4 Å². The van der Waals surface area contributed by atoms with Crippen molar-refractivity contribution in [2.45, 2.75) is 69.7 Å². The van der Waals surface area contributed by atoms with Crippen LogP contribution in [0.2, 0.25) is 0 Å². The number of hydrogen-bond acceptors (Lipinski definition) is 10. The second-order valence-corrected chi connectivity index (χ2v) is 13.2. The van der Waals surface area contributed by atoms with Gasteiger partial charge < -0.3 is 34.6 Å². The molecule has 6 rings (SSSR count). The summed E-state index contributed by atoms with van der Waals surface area (Å²) in [6, 6.07) is 15.9. The van der Waals surface area contributed by atoms with Crippen LogP contribution in [-0.2, 0) is 23.8 Å². The lowest BCUT2D eigenvalue weighted by Crippen LogP contribution is -2.82. The number of aliphatic hydroxyl groups is 3. The molecule has 2 aromatic rings. The van der Waals surface area contributed by atoms with Crippen LogP contribution >= 0.6 is 0 Å². The molecule has 1 aliphatic heterocycles. The van der Waals surface area contributed by atoms with E-state index in [0.717, 1.165) is 0 Å². The molecule has 1 heterocycles. The highest BCUT2D eigenvalue weighted by atomic mass is 16.7. The number of carboxylic acid groups (broad SMARTS) is 1. The molecule has 45 heavy (non-hydrogen) atoms. The third-order valence-corrected chi connectivity index (χ3v) is 11.1. The van der Waals surface area contributed by atoms with Gasteiger partial charge >= 0.3 is 23.9 Å². The summed E-state index contributed by atoms with van der Waals surface area (Å²) in [6.45, 7) is 4.55. The number of hydrogen-bond donors (Lipinski definition) is 4. The first kappa shape index (κ1) is 30.9. The molecule has 0 unspecified atom stereocenters. The molecule has 0 amide bonds. The molecule has 3 fully saturated rings. The van der Waals surface area contributed by atoms with Gasteiger partial charge in [-0.2, -0.15) is 0 Å². The van der Waals surface area contributed by atoms with Crippen molar-refractivity contribution in [3.8, 4) is 0 Å². The Kier molecular flexibility index (Phi) is 7.22. The Morgan fingerprint density at radius 2 is 1.47 bits per heavy atom. The molecular weight excluding hydrogens is 584 g/mol. The van der Waals surface area contributed by atoms with Gasteiger partial charge in [0.1, 0.15) is 17.1 Å². The van der Waals surface area contributed by atoms with E-state index in [2.05, 4.69) is 0 Å². The molecule has 0 spiro atoms. The van der Waals surface area contributed by atoms with Crippen LogP contribution in [0.25, 0.3) is 0 Å². The summed E-state index contributed by atoms with van der Waals surface area (Å²) in [7, 11) is 0. The molecular formula is C34H36O11. The van der Waals surface area contributed by atoms with Gasteiger partial charge in [0.25, 0.3) is 0 Å². The molecule has 2 aromatic carbocycles. The number of carbonyl (C=O) groups is 4. The zero-order chi connectivity index (χ0) is 32.5. The van der Waals surface area contributed by atoms with Crippen LogP contribution in [0, 0.1) is 28.6 Å². The highest BCUT2D eigenvalue weighted by Gasteiger charge is 2.80. The van der Waals surface area contributed by atoms with Gasteiger partial charge in [-0.15, -0.1) is 0 Å². The smallest absolute Gasteiger partial charge is 0.338 e. The minimum Gasteiger partial charge on any atom is -0.481 e. The predicted octanol–water partition coefficient (Wildman–Crippen LogP) is 2.88. The first-order chi connectivity index (χ1) is 21.2. The quantitative estimate of drug-likeness (QED) is 0.286. The number of ether oxygens (including phenoxy) is 3. The lowest BCUT2D eigenvalue weighted by molar-refractivity contribution is -0.339. The monoisotopic (exact) mass is 620 g/mol. The number of rotatable bonds is 5. The van der Waals surface area contributed by atoms with Crippen molar-refractivity contribution in [1.29, 1.82) is 0 Å². The Bertz CT molecular complexity index is 1570. The molecule has 4 N–H and O–H groups in total. The first-order valence-corrected chi connectivity index (χ1v) is 15.0. The first-order valence-electron chi connectivity index (χ1n) is 15.0. The summed E-state index contributed by atoms with van der Waals surface area (Å²) in [5.41, 5.74) is -5.85. The summed E-state index contributed by atoms with van der Waals surface area (Å²) >= 11 is 0. The lowest BCUT2D eigenvalue weighted by atomic mass is 9.38. The van der Waals surface area contributed by atoms with Gasteiger partial charge in [0.2, 0.25) is 5.79 Å². The van der Waals surface area contributed by atoms with Gasteiger partial charge in [-0.1, -0.05) is 50.2 Å². The third kappa shape index (κ3) is 4.28. The summed E-state index contributed by atoms with van der Waals surface area (Å²) in [4.78, 5) is 53.0. The number of carbonyl (C=O) groups excluding carboxylic acids is 3. The van der Waals surface area contributed by atoms with E-state index in [4.69, 9.17) is 14.2 Å². The molecule has 4 aliphatic rings. The van der Waals surface area contributed by atoms with E-state index in [1.54, 1.807) is 50.2 Å². The number of benzene rings is 2. The Hall–Kier alpha value is -4.06. The van der Waals surface area contributed by atoms with Crippen molar-refractivity contribution in [3.63, 3.8) is 0 Å².